The number of hydrogen-bond donors (Lipinski definition) is 1. The summed E-state index contributed by atoms with van der Waals surface area (Å²) in [5, 5.41) is 2.49. The highest BCUT2D eigenvalue weighted by molar-refractivity contribution is 5.75. The van der Waals surface area contributed by atoms with Gasteiger partial charge in [0.15, 0.2) is 0 Å². The molecule has 100 valence electrons. The molecule has 0 saturated carbocycles. The van der Waals surface area contributed by atoms with Crippen LogP contribution in [0, 0.1) is 0 Å². The summed E-state index contributed by atoms with van der Waals surface area (Å²) in [4.78, 5) is 22.8. The molecule has 0 saturated heterocycles. The maximum atomic E-state index is 12.5. The van der Waals surface area contributed by atoms with Gasteiger partial charge in [-0.1, -0.05) is 6.92 Å². The Labute approximate surface area is 101 Å². The van der Waals surface area contributed by atoms with E-state index in [2.05, 4.69) is 5.32 Å². The van der Waals surface area contributed by atoms with E-state index in [1.165, 1.54) is 0 Å². The molecule has 18 heavy (non-hydrogen) atoms. The van der Waals surface area contributed by atoms with Crippen LogP contribution >= 0.6 is 0 Å². The minimum Gasteiger partial charge on any atom is -0.355 e. The molecule has 7 heteroatoms. The van der Waals surface area contributed by atoms with Crippen molar-refractivity contribution in [3.63, 3.8) is 0 Å². The van der Waals surface area contributed by atoms with Gasteiger partial charge in [0.1, 0.15) is 12.1 Å². The van der Waals surface area contributed by atoms with Gasteiger partial charge < -0.3 is 9.88 Å². The topological polar surface area (TPSA) is 51.1 Å². The summed E-state index contributed by atoms with van der Waals surface area (Å²) in [5.41, 5.74) is -2.48. The molecule has 0 aliphatic carbocycles. The van der Waals surface area contributed by atoms with Crippen LogP contribution in [0.15, 0.2) is 23.1 Å². The number of amides is 1. The lowest BCUT2D eigenvalue weighted by molar-refractivity contribution is -0.139. The summed E-state index contributed by atoms with van der Waals surface area (Å²) in [6.45, 7) is 1.85. The molecular weight excluding hydrogens is 249 g/mol. The van der Waals surface area contributed by atoms with E-state index >= 15 is 0 Å². The second-order valence-electron chi connectivity index (χ2n) is 3.70. The van der Waals surface area contributed by atoms with E-state index in [1.54, 1.807) is 0 Å². The second-order valence-corrected chi connectivity index (χ2v) is 3.70. The van der Waals surface area contributed by atoms with Gasteiger partial charge in [-0.25, -0.2) is 0 Å². The summed E-state index contributed by atoms with van der Waals surface area (Å²) in [6, 6.07) is 1.79. The molecule has 1 aromatic rings. The fourth-order valence-electron chi connectivity index (χ4n) is 1.35. The van der Waals surface area contributed by atoms with E-state index in [9.17, 15) is 22.8 Å². The van der Waals surface area contributed by atoms with Crippen molar-refractivity contribution < 1.29 is 18.0 Å². The van der Waals surface area contributed by atoms with Crippen molar-refractivity contribution in [1.82, 2.24) is 9.88 Å². The van der Waals surface area contributed by atoms with Crippen LogP contribution in [0.3, 0.4) is 0 Å². The molecule has 1 amide bonds. The van der Waals surface area contributed by atoms with E-state index in [4.69, 9.17) is 0 Å². The van der Waals surface area contributed by atoms with Gasteiger partial charge in [0, 0.05) is 12.7 Å². The van der Waals surface area contributed by atoms with Crippen LogP contribution < -0.4 is 10.9 Å². The van der Waals surface area contributed by atoms with E-state index in [0.717, 1.165) is 16.8 Å². The predicted octanol–water partition coefficient (Wildman–Crippen LogP) is 1.39. The molecule has 0 atom stereocenters. The van der Waals surface area contributed by atoms with Crippen molar-refractivity contribution in [1.29, 1.82) is 0 Å². The SMILES string of the molecule is CCCNC(=O)Cn1cccc(C(F)(F)F)c1=O. The number of aromatic nitrogens is 1. The van der Waals surface area contributed by atoms with Crippen molar-refractivity contribution in [3.05, 3.63) is 34.2 Å². The Morgan fingerprint density at radius 2 is 2.11 bits per heavy atom. The quantitative estimate of drug-likeness (QED) is 0.891. The second kappa shape index (κ2) is 5.70. The molecule has 1 rings (SSSR count). The van der Waals surface area contributed by atoms with Crippen molar-refractivity contribution in [2.24, 2.45) is 0 Å². The number of pyridine rings is 1. The van der Waals surface area contributed by atoms with Crippen LogP contribution in [-0.2, 0) is 17.5 Å². The van der Waals surface area contributed by atoms with Gasteiger partial charge in [-0.3, -0.25) is 9.59 Å². The Morgan fingerprint density at radius 3 is 2.67 bits per heavy atom. The zero-order valence-corrected chi connectivity index (χ0v) is 9.75. The number of carbonyl (C=O) groups excluding carboxylic acids is 1. The summed E-state index contributed by atoms with van der Waals surface area (Å²) in [6.07, 6.45) is -2.84. The third-order valence-electron chi connectivity index (χ3n) is 2.21. The standard InChI is InChI=1S/C11H13F3N2O2/c1-2-5-15-9(17)7-16-6-3-4-8(10(16)18)11(12,13)14/h3-4,6H,2,5,7H2,1H3,(H,15,17). The predicted molar refractivity (Wildman–Crippen MR) is 59.0 cm³/mol. The van der Waals surface area contributed by atoms with Gasteiger partial charge in [-0.05, 0) is 18.6 Å². The third-order valence-corrected chi connectivity index (χ3v) is 2.21. The zero-order valence-electron chi connectivity index (χ0n) is 9.75. The van der Waals surface area contributed by atoms with Crippen LogP contribution in [0.2, 0.25) is 0 Å². The largest absolute Gasteiger partial charge is 0.421 e. The third kappa shape index (κ3) is 3.61. The van der Waals surface area contributed by atoms with E-state index < -0.39 is 29.8 Å². The lowest BCUT2D eigenvalue weighted by Crippen LogP contribution is -2.35. The summed E-state index contributed by atoms with van der Waals surface area (Å²) in [5.74, 6) is -0.488. The molecule has 1 N–H and O–H groups in total. The Bertz CT molecular complexity index is 480. The number of nitrogens with zero attached hydrogens (tertiary/aromatic N) is 1. The average molecular weight is 262 g/mol. The van der Waals surface area contributed by atoms with Gasteiger partial charge in [0.05, 0.1) is 0 Å². The fraction of sp³-hybridized carbons (Fsp3) is 0.455. The first kappa shape index (κ1) is 14.3. The van der Waals surface area contributed by atoms with E-state index in [0.29, 0.717) is 19.0 Å². The van der Waals surface area contributed by atoms with Crippen LogP contribution in [0.5, 0.6) is 0 Å². The van der Waals surface area contributed by atoms with E-state index in [-0.39, 0.29) is 0 Å². The zero-order chi connectivity index (χ0) is 13.8. The molecule has 1 heterocycles. The molecular formula is C11H13F3N2O2. The molecule has 0 aliphatic rings. The van der Waals surface area contributed by atoms with Gasteiger partial charge >= 0.3 is 6.18 Å². The minimum absolute atomic E-state index is 0.414. The lowest BCUT2D eigenvalue weighted by Gasteiger charge is -2.10. The molecule has 0 fully saturated rings. The molecule has 0 spiro atoms. The minimum atomic E-state index is -4.71. The first-order valence-corrected chi connectivity index (χ1v) is 5.39. The first-order chi connectivity index (χ1) is 8.36. The molecule has 0 radical (unpaired) electrons. The average Bonchev–Trinajstić information content (AvgIpc) is 2.27. The van der Waals surface area contributed by atoms with Crippen molar-refractivity contribution in [2.45, 2.75) is 26.1 Å². The highest BCUT2D eigenvalue weighted by Crippen LogP contribution is 2.25. The summed E-state index contributed by atoms with van der Waals surface area (Å²) < 4.78 is 38.1. The monoisotopic (exact) mass is 262 g/mol. The Morgan fingerprint density at radius 1 is 1.44 bits per heavy atom. The highest BCUT2D eigenvalue weighted by Gasteiger charge is 2.34. The van der Waals surface area contributed by atoms with Gasteiger partial charge in [-0.2, -0.15) is 13.2 Å². The highest BCUT2D eigenvalue weighted by atomic mass is 19.4. The maximum absolute atomic E-state index is 12.5. The number of alkyl halides is 3. The number of carbonyl (C=O) groups is 1. The summed E-state index contributed by atoms with van der Waals surface area (Å²) in [7, 11) is 0. The van der Waals surface area contributed by atoms with Crippen LogP contribution in [-0.4, -0.2) is 17.0 Å². The molecule has 0 aromatic carbocycles. The van der Waals surface area contributed by atoms with Gasteiger partial charge in [0.25, 0.3) is 5.56 Å². The smallest absolute Gasteiger partial charge is 0.355 e. The van der Waals surface area contributed by atoms with Crippen molar-refractivity contribution >= 4 is 5.91 Å². The van der Waals surface area contributed by atoms with Crippen LogP contribution in [0.4, 0.5) is 13.2 Å². The summed E-state index contributed by atoms with van der Waals surface area (Å²) >= 11 is 0. The Balaban J connectivity index is 2.92. The van der Waals surface area contributed by atoms with E-state index in [1.807, 2.05) is 6.92 Å². The molecule has 1 aromatic heterocycles. The van der Waals surface area contributed by atoms with Crippen LogP contribution in [0.25, 0.3) is 0 Å². The maximum Gasteiger partial charge on any atom is 0.421 e. The number of nitrogens with one attached hydrogen (secondary N) is 1. The molecule has 0 aliphatic heterocycles. The Kier molecular flexibility index (Phi) is 4.52. The fourth-order valence-corrected chi connectivity index (χ4v) is 1.35. The number of rotatable bonds is 4. The normalized spacial score (nSPS) is 11.3. The van der Waals surface area contributed by atoms with Gasteiger partial charge in [0.2, 0.25) is 5.91 Å². The lowest BCUT2D eigenvalue weighted by atomic mass is 10.2. The Hall–Kier alpha value is -1.79. The van der Waals surface area contributed by atoms with Gasteiger partial charge in [-0.15, -0.1) is 0 Å². The molecule has 0 bridgehead atoms. The number of halogens is 3. The first-order valence-electron chi connectivity index (χ1n) is 5.39. The van der Waals surface area contributed by atoms with Crippen LogP contribution in [0.1, 0.15) is 18.9 Å². The molecule has 0 unspecified atom stereocenters. The molecule has 4 nitrogen and oxygen atoms in total. The van der Waals surface area contributed by atoms with Crippen molar-refractivity contribution in [3.8, 4) is 0 Å². The van der Waals surface area contributed by atoms with Crippen molar-refractivity contribution in [2.75, 3.05) is 6.54 Å². The number of hydrogen-bond acceptors (Lipinski definition) is 2.